The van der Waals surface area contributed by atoms with Gasteiger partial charge in [0.1, 0.15) is 0 Å². The summed E-state index contributed by atoms with van der Waals surface area (Å²) >= 11 is 0. The van der Waals surface area contributed by atoms with Crippen molar-refractivity contribution in [3.8, 4) is 33.8 Å². The quantitative estimate of drug-likeness (QED) is 0.246. The number of fused-ring (bicyclic) bond motifs is 3. The number of nitrogens with zero attached hydrogens (tertiary/aromatic N) is 3. The molecule has 0 saturated carbocycles. The minimum atomic E-state index is 0.746. The zero-order valence-electron chi connectivity index (χ0n) is 21.0. The molecule has 0 aliphatic rings. The molecule has 0 bridgehead atoms. The van der Waals surface area contributed by atoms with Crippen LogP contribution >= 0.6 is 0 Å². The van der Waals surface area contributed by atoms with Gasteiger partial charge in [0.15, 0.2) is 5.82 Å². The van der Waals surface area contributed by atoms with Crippen LogP contribution in [0.5, 0.6) is 0 Å². The molecule has 4 aromatic carbocycles. The van der Waals surface area contributed by atoms with Gasteiger partial charge in [0.2, 0.25) is 0 Å². The minimum absolute atomic E-state index is 0.746. The van der Waals surface area contributed by atoms with Crippen LogP contribution in [-0.4, -0.2) is 15.0 Å². The zero-order valence-corrected chi connectivity index (χ0v) is 21.0. The summed E-state index contributed by atoms with van der Waals surface area (Å²) in [6.07, 6.45) is 1.92. The van der Waals surface area contributed by atoms with Gasteiger partial charge < -0.3 is 0 Å². The zero-order chi connectivity index (χ0) is 24.8. The summed E-state index contributed by atoms with van der Waals surface area (Å²) in [5, 5.41) is 4.98. The van der Waals surface area contributed by atoms with Crippen molar-refractivity contribution >= 4 is 21.5 Å². The molecule has 0 spiro atoms. The molecule has 6 aromatic rings. The fraction of sp³-hybridized carbons (Fsp3) is 0.121. The van der Waals surface area contributed by atoms with E-state index in [0.717, 1.165) is 50.7 Å². The normalized spacial score (nSPS) is 11.3. The maximum absolute atomic E-state index is 4.87. The highest BCUT2D eigenvalue weighted by atomic mass is 14.9. The average molecular weight is 466 g/mol. The molecular weight excluding hydrogens is 438 g/mol. The minimum Gasteiger partial charge on any atom is -0.256 e. The molecule has 2 heterocycles. The number of pyridine rings is 1. The van der Waals surface area contributed by atoms with Gasteiger partial charge in [-0.2, -0.15) is 0 Å². The first-order valence-electron chi connectivity index (χ1n) is 12.3. The Labute approximate surface area is 211 Å². The van der Waals surface area contributed by atoms with E-state index >= 15 is 0 Å². The first-order chi connectivity index (χ1) is 17.5. The van der Waals surface area contributed by atoms with Gasteiger partial charge in [0.25, 0.3) is 0 Å². The summed E-state index contributed by atoms with van der Waals surface area (Å²) in [6, 6.07) is 30.4. The van der Waals surface area contributed by atoms with Crippen LogP contribution in [0.4, 0.5) is 0 Å². The van der Waals surface area contributed by atoms with Gasteiger partial charge in [0.05, 0.1) is 5.69 Å². The van der Waals surface area contributed by atoms with Gasteiger partial charge in [-0.05, 0) is 102 Å². The predicted molar refractivity (Wildman–Crippen MR) is 150 cm³/mol. The standard InChI is InChI=1S/C33H27N3/c1-20-13-14-32(34-19-20)26-15-25(16-27(17-26)33-35-22(3)21(2)23(4)36-33)31-18-24-9-5-6-10-28(24)29-11-7-8-12-30(29)31/h5-19H,1-4H3. The summed E-state index contributed by atoms with van der Waals surface area (Å²) in [7, 11) is 0. The Morgan fingerprint density at radius 2 is 1.19 bits per heavy atom. The summed E-state index contributed by atoms with van der Waals surface area (Å²) in [5.41, 5.74) is 9.61. The highest BCUT2D eigenvalue weighted by Gasteiger charge is 2.14. The van der Waals surface area contributed by atoms with Crippen LogP contribution in [0.25, 0.3) is 55.3 Å². The van der Waals surface area contributed by atoms with E-state index < -0.39 is 0 Å². The average Bonchev–Trinajstić information content (AvgIpc) is 2.91. The third-order valence-corrected chi connectivity index (χ3v) is 7.11. The van der Waals surface area contributed by atoms with E-state index in [0.29, 0.717) is 0 Å². The van der Waals surface area contributed by atoms with E-state index in [4.69, 9.17) is 15.0 Å². The third-order valence-electron chi connectivity index (χ3n) is 7.11. The van der Waals surface area contributed by atoms with Crippen molar-refractivity contribution in [2.45, 2.75) is 27.7 Å². The molecule has 6 rings (SSSR count). The van der Waals surface area contributed by atoms with E-state index in [1.807, 2.05) is 6.20 Å². The van der Waals surface area contributed by atoms with Crippen LogP contribution in [0.3, 0.4) is 0 Å². The lowest BCUT2D eigenvalue weighted by molar-refractivity contribution is 1.02. The molecule has 36 heavy (non-hydrogen) atoms. The molecular formula is C33H27N3. The van der Waals surface area contributed by atoms with Crippen LogP contribution in [0.2, 0.25) is 0 Å². The first-order valence-corrected chi connectivity index (χ1v) is 12.3. The van der Waals surface area contributed by atoms with E-state index in [-0.39, 0.29) is 0 Å². The molecule has 0 unspecified atom stereocenters. The SMILES string of the molecule is Cc1ccc(-c2cc(-c3nc(C)c(C)c(C)n3)cc(-c3cc4ccccc4c4ccccc34)c2)nc1. The lowest BCUT2D eigenvalue weighted by atomic mass is 9.91. The molecule has 2 aromatic heterocycles. The van der Waals surface area contributed by atoms with Crippen molar-refractivity contribution in [3.63, 3.8) is 0 Å². The molecule has 0 saturated heterocycles. The van der Waals surface area contributed by atoms with Gasteiger partial charge in [-0.15, -0.1) is 0 Å². The number of hydrogen-bond donors (Lipinski definition) is 0. The molecule has 0 aliphatic heterocycles. The Morgan fingerprint density at radius 1 is 0.556 bits per heavy atom. The van der Waals surface area contributed by atoms with E-state index in [1.165, 1.54) is 27.1 Å². The Morgan fingerprint density at radius 3 is 1.92 bits per heavy atom. The highest BCUT2D eigenvalue weighted by molar-refractivity contribution is 6.14. The second-order valence-electron chi connectivity index (χ2n) is 9.55. The molecule has 0 atom stereocenters. The Balaban J connectivity index is 1.66. The van der Waals surface area contributed by atoms with Crippen molar-refractivity contribution in [3.05, 3.63) is 114 Å². The van der Waals surface area contributed by atoms with Crippen molar-refractivity contribution in [2.75, 3.05) is 0 Å². The van der Waals surface area contributed by atoms with E-state index in [1.54, 1.807) is 0 Å². The molecule has 0 N–H and O–H groups in total. The second kappa shape index (κ2) is 8.69. The lowest BCUT2D eigenvalue weighted by Gasteiger charge is -2.15. The summed E-state index contributed by atoms with van der Waals surface area (Å²) in [5.74, 6) is 0.746. The Kier molecular flexibility index (Phi) is 5.34. The van der Waals surface area contributed by atoms with Gasteiger partial charge >= 0.3 is 0 Å². The molecule has 3 heteroatoms. The van der Waals surface area contributed by atoms with Gasteiger partial charge in [0, 0.05) is 28.7 Å². The maximum atomic E-state index is 4.87. The molecule has 0 aliphatic carbocycles. The summed E-state index contributed by atoms with van der Waals surface area (Å²) < 4.78 is 0. The van der Waals surface area contributed by atoms with Gasteiger partial charge in [-0.25, -0.2) is 9.97 Å². The van der Waals surface area contributed by atoms with Crippen LogP contribution in [0.15, 0.2) is 91.1 Å². The fourth-order valence-electron chi connectivity index (χ4n) is 4.89. The van der Waals surface area contributed by atoms with E-state index in [2.05, 4.69) is 113 Å². The number of rotatable bonds is 3. The van der Waals surface area contributed by atoms with Crippen LogP contribution in [0, 0.1) is 27.7 Å². The van der Waals surface area contributed by atoms with Gasteiger partial charge in [-0.3, -0.25) is 4.98 Å². The number of hydrogen-bond acceptors (Lipinski definition) is 3. The summed E-state index contributed by atoms with van der Waals surface area (Å²) in [6.45, 7) is 8.24. The number of aryl methyl sites for hydroxylation is 3. The molecule has 0 amide bonds. The van der Waals surface area contributed by atoms with E-state index in [9.17, 15) is 0 Å². The fourth-order valence-corrected chi connectivity index (χ4v) is 4.89. The first kappa shape index (κ1) is 22.1. The topological polar surface area (TPSA) is 38.7 Å². The predicted octanol–water partition coefficient (Wildman–Crippen LogP) is 8.41. The highest BCUT2D eigenvalue weighted by Crippen LogP contribution is 2.38. The number of benzene rings is 4. The smallest absolute Gasteiger partial charge is 0.159 e. The second-order valence-corrected chi connectivity index (χ2v) is 9.55. The number of aromatic nitrogens is 3. The molecule has 3 nitrogen and oxygen atoms in total. The van der Waals surface area contributed by atoms with Gasteiger partial charge in [-0.1, -0.05) is 54.6 Å². The largest absolute Gasteiger partial charge is 0.256 e. The third kappa shape index (κ3) is 3.83. The van der Waals surface area contributed by atoms with Crippen molar-refractivity contribution in [1.29, 1.82) is 0 Å². The molecule has 0 fully saturated rings. The van der Waals surface area contributed by atoms with Crippen molar-refractivity contribution < 1.29 is 0 Å². The Hall–Kier alpha value is -4.37. The Bertz CT molecular complexity index is 1740. The molecule has 174 valence electrons. The van der Waals surface area contributed by atoms with Crippen LogP contribution < -0.4 is 0 Å². The van der Waals surface area contributed by atoms with Crippen LogP contribution in [-0.2, 0) is 0 Å². The molecule has 0 radical (unpaired) electrons. The summed E-state index contributed by atoms with van der Waals surface area (Å²) in [4.78, 5) is 14.5. The maximum Gasteiger partial charge on any atom is 0.159 e. The monoisotopic (exact) mass is 465 g/mol. The van der Waals surface area contributed by atoms with Crippen molar-refractivity contribution in [1.82, 2.24) is 15.0 Å². The lowest BCUT2D eigenvalue weighted by Crippen LogP contribution is -1.99. The van der Waals surface area contributed by atoms with Crippen LogP contribution in [0.1, 0.15) is 22.5 Å². The van der Waals surface area contributed by atoms with Crippen molar-refractivity contribution in [2.24, 2.45) is 0 Å².